The number of hydrogen-bond acceptors (Lipinski definition) is 1. The normalized spacial score (nSPS) is 18.8. The fourth-order valence-electron chi connectivity index (χ4n) is 4.09. The summed E-state index contributed by atoms with van der Waals surface area (Å²) in [7, 11) is 0. The van der Waals surface area contributed by atoms with E-state index in [2.05, 4.69) is 73.7 Å². The molecule has 0 spiro atoms. The second-order valence-electron chi connectivity index (χ2n) is 5.94. The van der Waals surface area contributed by atoms with Gasteiger partial charge in [-0.15, -0.1) is 0 Å². The minimum atomic E-state index is -0.140. The zero-order valence-electron chi connectivity index (χ0n) is 12.7. The van der Waals surface area contributed by atoms with Crippen LogP contribution in [0.25, 0.3) is 11.1 Å². The van der Waals surface area contributed by atoms with Crippen LogP contribution < -0.4 is 5.73 Å². The predicted molar refractivity (Wildman–Crippen MR) is 92.9 cm³/mol. The van der Waals surface area contributed by atoms with Crippen LogP contribution in [-0.2, 0) is 5.41 Å². The van der Waals surface area contributed by atoms with Gasteiger partial charge in [-0.05, 0) is 40.3 Å². The maximum atomic E-state index is 6.44. The average Bonchev–Trinajstić information content (AvgIpc) is 2.88. The third-order valence-corrected chi connectivity index (χ3v) is 5.00. The van der Waals surface area contributed by atoms with Crippen LogP contribution in [0.5, 0.6) is 0 Å². The lowest BCUT2D eigenvalue weighted by Gasteiger charge is -2.32. The van der Waals surface area contributed by atoms with Crippen LogP contribution in [-0.4, -0.2) is 0 Å². The maximum Gasteiger partial charge on any atom is 0.0481 e. The predicted octanol–water partition coefficient (Wildman–Crippen LogP) is 4.99. The van der Waals surface area contributed by atoms with E-state index in [0.717, 1.165) is 12.1 Å². The molecule has 108 valence electrons. The van der Waals surface area contributed by atoms with Crippen LogP contribution in [0.4, 0.5) is 5.69 Å². The van der Waals surface area contributed by atoms with Crippen LogP contribution in [0, 0.1) is 0 Å². The van der Waals surface area contributed by atoms with Crippen molar-refractivity contribution >= 4 is 5.69 Å². The quantitative estimate of drug-likeness (QED) is 0.659. The summed E-state index contributed by atoms with van der Waals surface area (Å²) in [5.41, 5.74) is 13.7. The Kier molecular flexibility index (Phi) is 2.83. The molecule has 0 aromatic heterocycles. The Morgan fingerprint density at radius 1 is 0.773 bits per heavy atom. The van der Waals surface area contributed by atoms with Crippen molar-refractivity contribution in [1.29, 1.82) is 0 Å². The van der Waals surface area contributed by atoms with Crippen molar-refractivity contribution in [3.05, 3.63) is 89.5 Å². The smallest absolute Gasteiger partial charge is 0.0481 e. The van der Waals surface area contributed by atoms with Crippen LogP contribution in [0.2, 0.25) is 0 Å². The second-order valence-corrected chi connectivity index (χ2v) is 5.94. The van der Waals surface area contributed by atoms with E-state index in [1.807, 2.05) is 6.07 Å². The lowest BCUT2D eigenvalue weighted by atomic mass is 9.70. The molecule has 3 aromatic carbocycles. The molecule has 1 aliphatic rings. The summed E-state index contributed by atoms with van der Waals surface area (Å²) in [5, 5.41) is 0. The largest absolute Gasteiger partial charge is 0.398 e. The fraction of sp³-hybridized carbons (Fsp3) is 0.143. The molecule has 0 aliphatic heterocycles. The van der Waals surface area contributed by atoms with Gasteiger partial charge in [-0.25, -0.2) is 0 Å². The van der Waals surface area contributed by atoms with E-state index in [4.69, 9.17) is 5.73 Å². The van der Waals surface area contributed by atoms with E-state index >= 15 is 0 Å². The molecule has 1 unspecified atom stereocenters. The first kappa shape index (κ1) is 13.1. The Morgan fingerprint density at radius 2 is 1.45 bits per heavy atom. The van der Waals surface area contributed by atoms with E-state index in [1.165, 1.54) is 27.8 Å². The van der Waals surface area contributed by atoms with E-state index in [1.54, 1.807) is 0 Å². The zero-order chi connectivity index (χ0) is 15.2. The van der Waals surface area contributed by atoms with E-state index in [9.17, 15) is 0 Å². The highest BCUT2D eigenvalue weighted by Gasteiger charge is 2.44. The van der Waals surface area contributed by atoms with Crippen molar-refractivity contribution in [2.75, 3.05) is 5.73 Å². The molecule has 0 fully saturated rings. The molecule has 2 N–H and O–H groups in total. The third-order valence-electron chi connectivity index (χ3n) is 5.00. The average molecular weight is 285 g/mol. The standard InChI is InChI=1S/C21H19N/c1-2-21(15-9-4-3-5-10-15)18-13-7-6-11-16(18)17-12-8-14-19(22)20(17)21/h3-14H,2,22H2,1H3. The Labute approximate surface area is 131 Å². The molecule has 0 saturated heterocycles. The highest BCUT2D eigenvalue weighted by Crippen LogP contribution is 2.55. The summed E-state index contributed by atoms with van der Waals surface area (Å²) in [6.07, 6.45) is 0.995. The van der Waals surface area contributed by atoms with Gasteiger partial charge in [0.1, 0.15) is 0 Å². The Morgan fingerprint density at radius 3 is 2.23 bits per heavy atom. The summed E-state index contributed by atoms with van der Waals surface area (Å²) in [6, 6.07) is 25.8. The number of rotatable bonds is 2. The minimum absolute atomic E-state index is 0.140. The second kappa shape index (κ2) is 4.74. The number of nitrogen functional groups attached to an aromatic ring is 1. The first-order valence-electron chi connectivity index (χ1n) is 7.83. The third kappa shape index (κ3) is 1.54. The lowest BCUT2D eigenvalue weighted by Crippen LogP contribution is -2.26. The van der Waals surface area contributed by atoms with Gasteiger partial charge in [-0.1, -0.05) is 73.7 Å². The van der Waals surface area contributed by atoms with Crippen molar-refractivity contribution in [2.24, 2.45) is 0 Å². The number of fused-ring (bicyclic) bond motifs is 3. The van der Waals surface area contributed by atoms with Crippen LogP contribution >= 0.6 is 0 Å². The van der Waals surface area contributed by atoms with Crippen molar-refractivity contribution < 1.29 is 0 Å². The lowest BCUT2D eigenvalue weighted by molar-refractivity contribution is 0.611. The first-order valence-corrected chi connectivity index (χ1v) is 7.83. The van der Waals surface area contributed by atoms with E-state index < -0.39 is 0 Å². The van der Waals surface area contributed by atoms with Gasteiger partial charge in [0.25, 0.3) is 0 Å². The molecule has 22 heavy (non-hydrogen) atoms. The molecule has 0 amide bonds. The summed E-state index contributed by atoms with van der Waals surface area (Å²) >= 11 is 0. The zero-order valence-corrected chi connectivity index (χ0v) is 12.7. The summed E-state index contributed by atoms with van der Waals surface area (Å²) in [5.74, 6) is 0. The monoisotopic (exact) mass is 285 g/mol. The van der Waals surface area contributed by atoms with Gasteiger partial charge in [-0.3, -0.25) is 0 Å². The van der Waals surface area contributed by atoms with Crippen molar-refractivity contribution in [2.45, 2.75) is 18.8 Å². The Hall–Kier alpha value is -2.54. The van der Waals surface area contributed by atoms with Crippen LogP contribution in [0.3, 0.4) is 0 Å². The van der Waals surface area contributed by atoms with Gasteiger partial charge in [0.05, 0.1) is 0 Å². The number of benzene rings is 3. The summed E-state index contributed by atoms with van der Waals surface area (Å²) in [4.78, 5) is 0. The van der Waals surface area contributed by atoms with Crippen LogP contribution in [0.15, 0.2) is 72.8 Å². The minimum Gasteiger partial charge on any atom is -0.398 e. The number of hydrogen-bond donors (Lipinski definition) is 1. The molecule has 0 radical (unpaired) electrons. The maximum absolute atomic E-state index is 6.44. The van der Waals surface area contributed by atoms with Gasteiger partial charge in [0.15, 0.2) is 0 Å². The van der Waals surface area contributed by atoms with Gasteiger partial charge in [0, 0.05) is 11.1 Å². The van der Waals surface area contributed by atoms with Gasteiger partial charge >= 0.3 is 0 Å². The Bertz CT molecular complexity index is 836. The highest BCUT2D eigenvalue weighted by atomic mass is 14.6. The molecule has 1 heteroatoms. The van der Waals surface area contributed by atoms with E-state index in [0.29, 0.717) is 0 Å². The first-order chi connectivity index (χ1) is 10.8. The fourth-order valence-corrected chi connectivity index (χ4v) is 4.09. The highest BCUT2D eigenvalue weighted by molar-refractivity contribution is 5.87. The topological polar surface area (TPSA) is 26.0 Å². The molecule has 1 nitrogen and oxygen atoms in total. The molecule has 1 aliphatic carbocycles. The van der Waals surface area contributed by atoms with Crippen molar-refractivity contribution in [3.63, 3.8) is 0 Å². The van der Waals surface area contributed by atoms with Gasteiger partial charge < -0.3 is 5.73 Å². The number of nitrogens with two attached hydrogens (primary N) is 1. The molecular weight excluding hydrogens is 266 g/mol. The molecule has 0 heterocycles. The summed E-state index contributed by atoms with van der Waals surface area (Å²) < 4.78 is 0. The van der Waals surface area contributed by atoms with Crippen LogP contribution in [0.1, 0.15) is 30.0 Å². The number of anilines is 1. The Balaban J connectivity index is 2.16. The molecule has 0 bridgehead atoms. The van der Waals surface area contributed by atoms with Gasteiger partial charge in [0.2, 0.25) is 0 Å². The van der Waals surface area contributed by atoms with Crippen molar-refractivity contribution in [3.8, 4) is 11.1 Å². The summed E-state index contributed by atoms with van der Waals surface area (Å²) in [6.45, 7) is 2.26. The molecular formula is C21H19N. The SMILES string of the molecule is CCC1(c2ccccc2)c2ccccc2-c2cccc(N)c21. The van der Waals surface area contributed by atoms with Crippen molar-refractivity contribution in [1.82, 2.24) is 0 Å². The van der Waals surface area contributed by atoms with E-state index in [-0.39, 0.29) is 5.41 Å². The molecule has 4 rings (SSSR count). The van der Waals surface area contributed by atoms with Gasteiger partial charge in [-0.2, -0.15) is 0 Å². The molecule has 1 atom stereocenters. The molecule has 3 aromatic rings. The molecule has 0 saturated carbocycles.